The maximum absolute atomic E-state index is 9.26. The van der Waals surface area contributed by atoms with Crippen LogP contribution in [0.25, 0.3) is 0 Å². The third-order valence-corrected chi connectivity index (χ3v) is 4.21. The number of hydrogen-bond donors (Lipinski definition) is 2. The highest BCUT2D eigenvalue weighted by atomic mass is 32.2. The summed E-state index contributed by atoms with van der Waals surface area (Å²) < 4.78 is 0. The van der Waals surface area contributed by atoms with Gasteiger partial charge in [0.1, 0.15) is 0 Å². The molecule has 1 aliphatic carbocycles. The van der Waals surface area contributed by atoms with Crippen molar-refractivity contribution in [2.75, 3.05) is 0 Å². The van der Waals surface area contributed by atoms with Crippen LogP contribution >= 0.6 is 11.8 Å². The zero-order valence-electron chi connectivity index (χ0n) is 9.89. The Balaban J connectivity index is 2.46. The van der Waals surface area contributed by atoms with Crippen molar-refractivity contribution in [3.8, 4) is 12.1 Å². The largest absolute Gasteiger partial charge is 0.392 e. The molecule has 2 aliphatic rings. The van der Waals surface area contributed by atoms with Crippen LogP contribution in [-0.4, -0.2) is 0 Å². The highest BCUT2D eigenvalue weighted by Gasteiger charge is 2.34. The first-order valence-corrected chi connectivity index (χ1v) is 6.64. The fourth-order valence-corrected chi connectivity index (χ4v) is 3.28. The minimum Gasteiger partial charge on any atom is -0.392 e. The van der Waals surface area contributed by atoms with Gasteiger partial charge >= 0.3 is 0 Å². The van der Waals surface area contributed by atoms with Crippen LogP contribution in [0, 0.1) is 34.5 Å². The van der Waals surface area contributed by atoms with Gasteiger partial charge in [0.05, 0.1) is 33.3 Å². The highest BCUT2D eigenvalue weighted by Crippen LogP contribution is 2.43. The summed E-state index contributed by atoms with van der Waals surface area (Å²) in [6.45, 7) is 0. The lowest BCUT2D eigenvalue weighted by Crippen LogP contribution is -2.26. The fraction of sp³-hybridized carbons (Fsp3) is 0.385. The molecule has 0 saturated carbocycles. The summed E-state index contributed by atoms with van der Waals surface area (Å²) in [5.74, 6) is -0.112. The van der Waals surface area contributed by atoms with Gasteiger partial charge in [-0.15, -0.1) is 0 Å². The SMILES string of the molecule is N#CC1=C(N)SC(N)=C(C#N)C1[C@H]1C=CCCC1. The van der Waals surface area contributed by atoms with Gasteiger partial charge in [-0.25, -0.2) is 0 Å². The number of hydrogen-bond acceptors (Lipinski definition) is 5. The maximum Gasteiger partial charge on any atom is 0.0981 e. The molecule has 4 nitrogen and oxygen atoms in total. The van der Waals surface area contributed by atoms with Gasteiger partial charge in [-0.1, -0.05) is 23.9 Å². The number of rotatable bonds is 1. The van der Waals surface area contributed by atoms with E-state index in [-0.39, 0.29) is 11.8 Å². The first-order valence-electron chi connectivity index (χ1n) is 5.83. The molecule has 92 valence electrons. The summed E-state index contributed by atoms with van der Waals surface area (Å²) in [6.07, 6.45) is 7.27. The molecule has 0 bridgehead atoms. The van der Waals surface area contributed by atoms with Gasteiger partial charge in [0.15, 0.2) is 0 Å². The van der Waals surface area contributed by atoms with Gasteiger partial charge in [-0.3, -0.25) is 0 Å². The zero-order valence-corrected chi connectivity index (χ0v) is 10.7. The maximum atomic E-state index is 9.26. The normalized spacial score (nSPS) is 24.9. The molecule has 1 atom stereocenters. The first-order chi connectivity index (χ1) is 8.69. The van der Waals surface area contributed by atoms with E-state index < -0.39 is 0 Å². The second-order valence-corrected chi connectivity index (χ2v) is 5.47. The molecule has 0 unspecified atom stereocenters. The van der Waals surface area contributed by atoms with E-state index in [1.54, 1.807) is 0 Å². The molecule has 0 aromatic heterocycles. The van der Waals surface area contributed by atoms with Crippen molar-refractivity contribution in [3.63, 3.8) is 0 Å². The summed E-state index contributed by atoms with van der Waals surface area (Å²) in [5, 5.41) is 19.4. The number of thioether (sulfide) groups is 1. The van der Waals surface area contributed by atoms with Gasteiger partial charge in [-0.05, 0) is 25.2 Å². The van der Waals surface area contributed by atoms with Gasteiger partial charge in [0.2, 0.25) is 0 Å². The van der Waals surface area contributed by atoms with E-state index in [0.717, 1.165) is 31.0 Å². The lowest BCUT2D eigenvalue weighted by atomic mass is 9.76. The fourth-order valence-electron chi connectivity index (χ4n) is 2.47. The molecule has 5 heteroatoms. The van der Waals surface area contributed by atoms with E-state index in [1.165, 1.54) is 0 Å². The minimum absolute atomic E-state index is 0.154. The minimum atomic E-state index is -0.266. The van der Waals surface area contributed by atoms with Crippen LogP contribution in [0.4, 0.5) is 0 Å². The second-order valence-electron chi connectivity index (χ2n) is 4.38. The Morgan fingerprint density at radius 2 is 1.78 bits per heavy atom. The number of nitrogens with two attached hydrogens (primary N) is 2. The Morgan fingerprint density at radius 3 is 2.22 bits per heavy atom. The molecule has 2 rings (SSSR count). The quantitative estimate of drug-likeness (QED) is 0.701. The second kappa shape index (κ2) is 5.20. The summed E-state index contributed by atoms with van der Waals surface area (Å²) in [7, 11) is 0. The van der Waals surface area contributed by atoms with Crippen molar-refractivity contribution in [2.45, 2.75) is 19.3 Å². The van der Waals surface area contributed by atoms with Crippen molar-refractivity contribution in [1.29, 1.82) is 10.5 Å². The molecule has 4 N–H and O–H groups in total. The number of allylic oxidation sites excluding steroid dienone is 4. The van der Waals surface area contributed by atoms with Crippen molar-refractivity contribution >= 4 is 11.8 Å². The molecule has 18 heavy (non-hydrogen) atoms. The van der Waals surface area contributed by atoms with Crippen molar-refractivity contribution in [3.05, 3.63) is 33.4 Å². The molecule has 0 aromatic rings. The first kappa shape index (κ1) is 12.6. The van der Waals surface area contributed by atoms with Gasteiger partial charge < -0.3 is 11.5 Å². The van der Waals surface area contributed by atoms with Crippen LogP contribution in [-0.2, 0) is 0 Å². The molecular weight excluding hydrogens is 244 g/mol. The molecule has 0 saturated heterocycles. The summed E-state index contributed by atoms with van der Waals surface area (Å²) >= 11 is 1.12. The molecule has 0 amide bonds. The van der Waals surface area contributed by atoms with E-state index in [1.807, 2.05) is 0 Å². The average Bonchev–Trinajstić information content (AvgIpc) is 2.39. The predicted octanol–water partition coefficient (Wildman–Crippen LogP) is 2.09. The lowest BCUT2D eigenvalue weighted by molar-refractivity contribution is 0.457. The van der Waals surface area contributed by atoms with E-state index in [4.69, 9.17) is 11.5 Å². The summed E-state index contributed by atoms with van der Waals surface area (Å²) in [6, 6.07) is 4.29. The van der Waals surface area contributed by atoms with Crippen molar-refractivity contribution in [1.82, 2.24) is 0 Å². The number of nitriles is 2. The average molecular weight is 258 g/mol. The van der Waals surface area contributed by atoms with E-state index in [9.17, 15) is 10.5 Å². The third kappa shape index (κ3) is 2.10. The Hall–Kier alpha value is -1.85. The molecular formula is C13H14N4S. The zero-order chi connectivity index (χ0) is 13.1. The van der Waals surface area contributed by atoms with Crippen molar-refractivity contribution < 1.29 is 0 Å². The highest BCUT2D eigenvalue weighted by molar-refractivity contribution is 8.06. The molecule has 0 spiro atoms. The topological polar surface area (TPSA) is 99.6 Å². The van der Waals surface area contributed by atoms with Crippen LogP contribution in [0.2, 0.25) is 0 Å². The molecule has 0 aromatic carbocycles. The van der Waals surface area contributed by atoms with E-state index in [2.05, 4.69) is 24.3 Å². The van der Waals surface area contributed by atoms with Gasteiger partial charge in [0.25, 0.3) is 0 Å². The Labute approximate surface area is 111 Å². The van der Waals surface area contributed by atoms with Gasteiger partial charge in [-0.2, -0.15) is 10.5 Å². The van der Waals surface area contributed by atoms with E-state index >= 15 is 0 Å². The standard InChI is InChI=1S/C13H14N4S/c14-6-9-11(8-4-2-1-3-5-8)10(7-15)13(17)18-12(9)16/h2,4,8,11H,1,3,5,16-17H2/t8-/m0/s1. The monoisotopic (exact) mass is 258 g/mol. The van der Waals surface area contributed by atoms with Crippen LogP contribution < -0.4 is 11.5 Å². The van der Waals surface area contributed by atoms with Crippen LogP contribution in [0.15, 0.2) is 33.4 Å². The number of nitrogens with zero attached hydrogens (tertiary/aromatic N) is 2. The smallest absolute Gasteiger partial charge is 0.0981 e. The van der Waals surface area contributed by atoms with Crippen LogP contribution in [0.5, 0.6) is 0 Å². The van der Waals surface area contributed by atoms with Crippen LogP contribution in [0.1, 0.15) is 19.3 Å². The summed E-state index contributed by atoms with van der Waals surface area (Å²) in [5.41, 5.74) is 12.7. The molecule has 0 radical (unpaired) electrons. The molecule has 1 heterocycles. The van der Waals surface area contributed by atoms with Crippen LogP contribution in [0.3, 0.4) is 0 Å². The Bertz CT molecular complexity index is 494. The Morgan fingerprint density at radius 1 is 1.17 bits per heavy atom. The lowest BCUT2D eigenvalue weighted by Gasteiger charge is -2.30. The van der Waals surface area contributed by atoms with E-state index in [0.29, 0.717) is 21.2 Å². The van der Waals surface area contributed by atoms with Crippen molar-refractivity contribution in [2.24, 2.45) is 23.3 Å². The summed E-state index contributed by atoms with van der Waals surface area (Å²) in [4.78, 5) is 0. The predicted molar refractivity (Wildman–Crippen MR) is 71.2 cm³/mol. The molecule has 0 fully saturated rings. The van der Waals surface area contributed by atoms with Gasteiger partial charge in [0, 0.05) is 5.92 Å². The molecule has 1 aliphatic heterocycles. The third-order valence-electron chi connectivity index (χ3n) is 3.33. The Kier molecular flexibility index (Phi) is 3.64.